The standard InChI is InChI=1S/C18H27NO2/c1-2-21-18(20)12-4-3-7-13-19-14-8-11-16-9-5-6-10-17(16)15-19/h5-6,9-10H,2-4,7-8,11-15H2,1H3. The molecule has 3 heteroatoms. The lowest BCUT2D eigenvalue weighted by Gasteiger charge is -2.20. The molecule has 1 aromatic rings. The third kappa shape index (κ3) is 5.50. The smallest absolute Gasteiger partial charge is 0.305 e. The van der Waals surface area contributed by atoms with Crippen molar-refractivity contribution >= 4 is 5.97 Å². The Bertz CT molecular complexity index is 445. The van der Waals surface area contributed by atoms with Crippen molar-refractivity contribution in [3.63, 3.8) is 0 Å². The molecule has 3 nitrogen and oxygen atoms in total. The fourth-order valence-electron chi connectivity index (χ4n) is 2.97. The lowest BCUT2D eigenvalue weighted by Crippen LogP contribution is -2.24. The van der Waals surface area contributed by atoms with Gasteiger partial charge in [-0.05, 0) is 56.8 Å². The van der Waals surface area contributed by atoms with E-state index in [2.05, 4.69) is 29.2 Å². The van der Waals surface area contributed by atoms with Gasteiger partial charge in [-0.3, -0.25) is 9.69 Å². The zero-order valence-electron chi connectivity index (χ0n) is 13.1. The largest absolute Gasteiger partial charge is 0.466 e. The van der Waals surface area contributed by atoms with Gasteiger partial charge in [-0.2, -0.15) is 0 Å². The van der Waals surface area contributed by atoms with Crippen LogP contribution in [0.2, 0.25) is 0 Å². The average molecular weight is 289 g/mol. The summed E-state index contributed by atoms with van der Waals surface area (Å²) in [6.07, 6.45) is 6.24. The van der Waals surface area contributed by atoms with Gasteiger partial charge in [0.25, 0.3) is 0 Å². The Kier molecular flexibility index (Phi) is 6.74. The predicted octanol–water partition coefficient (Wildman–Crippen LogP) is 3.56. The van der Waals surface area contributed by atoms with Crippen LogP contribution in [-0.2, 0) is 22.5 Å². The number of aryl methyl sites for hydroxylation is 1. The second kappa shape index (κ2) is 8.83. The van der Waals surface area contributed by atoms with E-state index < -0.39 is 0 Å². The predicted molar refractivity (Wildman–Crippen MR) is 85.1 cm³/mol. The van der Waals surface area contributed by atoms with E-state index in [9.17, 15) is 4.79 Å². The monoisotopic (exact) mass is 289 g/mol. The van der Waals surface area contributed by atoms with E-state index in [1.54, 1.807) is 0 Å². The van der Waals surface area contributed by atoms with Gasteiger partial charge in [-0.1, -0.05) is 30.7 Å². The van der Waals surface area contributed by atoms with Crippen LogP contribution in [0.5, 0.6) is 0 Å². The maximum absolute atomic E-state index is 11.3. The van der Waals surface area contributed by atoms with Crippen LogP contribution >= 0.6 is 0 Å². The van der Waals surface area contributed by atoms with Crippen molar-refractivity contribution in [1.82, 2.24) is 4.90 Å². The summed E-state index contributed by atoms with van der Waals surface area (Å²) in [5.41, 5.74) is 3.00. The highest BCUT2D eigenvalue weighted by Crippen LogP contribution is 2.18. The minimum atomic E-state index is -0.0544. The van der Waals surface area contributed by atoms with Crippen LogP contribution in [0.25, 0.3) is 0 Å². The summed E-state index contributed by atoms with van der Waals surface area (Å²) in [4.78, 5) is 13.8. The van der Waals surface area contributed by atoms with Gasteiger partial charge in [0.2, 0.25) is 0 Å². The summed E-state index contributed by atoms with van der Waals surface area (Å²) in [5, 5.41) is 0. The Morgan fingerprint density at radius 3 is 2.81 bits per heavy atom. The minimum Gasteiger partial charge on any atom is -0.466 e. The highest BCUT2D eigenvalue weighted by atomic mass is 16.5. The van der Waals surface area contributed by atoms with Crippen LogP contribution in [0, 0.1) is 0 Å². The third-order valence-corrected chi connectivity index (χ3v) is 4.09. The fourth-order valence-corrected chi connectivity index (χ4v) is 2.97. The molecule has 0 amide bonds. The molecule has 1 aliphatic heterocycles. The molecule has 0 unspecified atom stereocenters. The number of carbonyl (C=O) groups excluding carboxylic acids is 1. The number of hydrogen-bond donors (Lipinski definition) is 0. The van der Waals surface area contributed by atoms with Crippen molar-refractivity contribution in [1.29, 1.82) is 0 Å². The quantitative estimate of drug-likeness (QED) is 0.568. The lowest BCUT2D eigenvalue weighted by molar-refractivity contribution is -0.143. The van der Waals surface area contributed by atoms with Crippen LogP contribution in [0.1, 0.15) is 50.2 Å². The molecule has 0 aliphatic carbocycles. The van der Waals surface area contributed by atoms with Crippen molar-refractivity contribution in [2.24, 2.45) is 0 Å². The summed E-state index contributed by atoms with van der Waals surface area (Å²) in [6, 6.07) is 8.80. The Morgan fingerprint density at radius 2 is 2.00 bits per heavy atom. The fraction of sp³-hybridized carbons (Fsp3) is 0.611. The van der Waals surface area contributed by atoms with Crippen molar-refractivity contribution in [2.45, 2.75) is 52.0 Å². The molecule has 116 valence electrons. The summed E-state index contributed by atoms with van der Waals surface area (Å²) in [7, 11) is 0. The number of ether oxygens (including phenoxy) is 1. The van der Waals surface area contributed by atoms with E-state index in [4.69, 9.17) is 4.74 Å². The van der Waals surface area contributed by atoms with Crippen molar-refractivity contribution in [2.75, 3.05) is 19.7 Å². The first-order valence-corrected chi connectivity index (χ1v) is 8.24. The zero-order valence-corrected chi connectivity index (χ0v) is 13.1. The molecule has 0 N–H and O–H groups in total. The first kappa shape index (κ1) is 16.0. The molecule has 0 bridgehead atoms. The van der Waals surface area contributed by atoms with Crippen LogP contribution in [-0.4, -0.2) is 30.6 Å². The molecular weight excluding hydrogens is 262 g/mol. The van der Waals surface area contributed by atoms with E-state index >= 15 is 0 Å². The van der Waals surface area contributed by atoms with Gasteiger partial charge >= 0.3 is 5.97 Å². The molecule has 0 radical (unpaired) electrons. The van der Waals surface area contributed by atoms with Gasteiger partial charge in [-0.15, -0.1) is 0 Å². The number of unbranched alkanes of at least 4 members (excludes halogenated alkanes) is 2. The minimum absolute atomic E-state index is 0.0544. The van der Waals surface area contributed by atoms with E-state index in [-0.39, 0.29) is 5.97 Å². The summed E-state index contributed by atoms with van der Waals surface area (Å²) >= 11 is 0. The molecule has 1 aromatic carbocycles. The van der Waals surface area contributed by atoms with Crippen molar-refractivity contribution in [3.05, 3.63) is 35.4 Å². The Morgan fingerprint density at radius 1 is 1.19 bits per heavy atom. The van der Waals surface area contributed by atoms with Crippen molar-refractivity contribution < 1.29 is 9.53 Å². The second-order valence-electron chi connectivity index (χ2n) is 5.76. The normalized spacial score (nSPS) is 15.3. The number of nitrogens with zero attached hydrogens (tertiary/aromatic N) is 1. The van der Waals surface area contributed by atoms with Crippen LogP contribution < -0.4 is 0 Å². The molecule has 0 fully saturated rings. The van der Waals surface area contributed by atoms with Gasteiger partial charge in [0.05, 0.1) is 6.61 Å². The second-order valence-corrected chi connectivity index (χ2v) is 5.76. The Balaban J connectivity index is 1.66. The van der Waals surface area contributed by atoms with Gasteiger partial charge in [0.15, 0.2) is 0 Å². The maximum atomic E-state index is 11.3. The average Bonchev–Trinajstić information content (AvgIpc) is 2.69. The van der Waals surface area contributed by atoms with E-state index in [0.29, 0.717) is 13.0 Å². The van der Waals surface area contributed by atoms with Gasteiger partial charge in [0, 0.05) is 13.0 Å². The number of esters is 1. The van der Waals surface area contributed by atoms with Gasteiger partial charge in [0.1, 0.15) is 0 Å². The molecule has 0 spiro atoms. The molecule has 2 rings (SSSR count). The molecule has 1 heterocycles. The molecule has 21 heavy (non-hydrogen) atoms. The summed E-state index contributed by atoms with van der Waals surface area (Å²) in [5.74, 6) is -0.0544. The van der Waals surface area contributed by atoms with E-state index in [1.165, 1.54) is 36.9 Å². The molecule has 0 atom stereocenters. The Labute approximate surface area is 128 Å². The van der Waals surface area contributed by atoms with Gasteiger partial charge in [-0.25, -0.2) is 0 Å². The molecule has 0 aromatic heterocycles. The zero-order chi connectivity index (χ0) is 14.9. The van der Waals surface area contributed by atoms with Crippen LogP contribution in [0.4, 0.5) is 0 Å². The number of hydrogen-bond acceptors (Lipinski definition) is 3. The number of rotatable bonds is 7. The van der Waals surface area contributed by atoms with Crippen LogP contribution in [0.15, 0.2) is 24.3 Å². The van der Waals surface area contributed by atoms with E-state index in [0.717, 1.165) is 25.9 Å². The third-order valence-electron chi connectivity index (χ3n) is 4.09. The van der Waals surface area contributed by atoms with Gasteiger partial charge < -0.3 is 4.74 Å². The number of carbonyl (C=O) groups is 1. The highest BCUT2D eigenvalue weighted by Gasteiger charge is 2.13. The number of benzene rings is 1. The lowest BCUT2D eigenvalue weighted by atomic mass is 10.0. The van der Waals surface area contributed by atoms with Crippen LogP contribution in [0.3, 0.4) is 0 Å². The van der Waals surface area contributed by atoms with Crippen molar-refractivity contribution in [3.8, 4) is 0 Å². The molecule has 1 aliphatic rings. The first-order valence-electron chi connectivity index (χ1n) is 8.24. The number of fused-ring (bicyclic) bond motifs is 1. The molecular formula is C18H27NO2. The first-order chi connectivity index (χ1) is 10.3. The SMILES string of the molecule is CCOC(=O)CCCCCN1CCCc2ccccc2C1. The van der Waals surface area contributed by atoms with E-state index in [1.807, 2.05) is 6.92 Å². The maximum Gasteiger partial charge on any atom is 0.305 e. The summed E-state index contributed by atoms with van der Waals surface area (Å²) < 4.78 is 4.94. The summed E-state index contributed by atoms with van der Waals surface area (Å²) in [6.45, 7) is 5.75. The Hall–Kier alpha value is -1.35. The molecule has 0 saturated carbocycles. The molecule has 0 saturated heterocycles. The topological polar surface area (TPSA) is 29.5 Å². The highest BCUT2D eigenvalue weighted by molar-refractivity contribution is 5.69.